The Labute approximate surface area is 158 Å². The summed E-state index contributed by atoms with van der Waals surface area (Å²) in [6, 6.07) is 9.06. The average molecular weight is 377 g/mol. The van der Waals surface area contributed by atoms with Crippen molar-refractivity contribution < 1.29 is 18.3 Å². The number of nitrogens with one attached hydrogen (secondary N) is 2. The van der Waals surface area contributed by atoms with E-state index in [0.717, 1.165) is 23.1 Å². The molecule has 2 aromatic carbocycles. The van der Waals surface area contributed by atoms with Gasteiger partial charge in [0.25, 0.3) is 0 Å². The second kappa shape index (κ2) is 9.75. The molecule has 1 atom stereocenters. The van der Waals surface area contributed by atoms with Gasteiger partial charge >= 0.3 is 0 Å². The first kappa shape index (κ1) is 20.5. The highest BCUT2D eigenvalue weighted by Crippen LogP contribution is 2.29. The minimum Gasteiger partial charge on any atom is -0.497 e. The van der Waals surface area contributed by atoms with Crippen molar-refractivity contribution in [1.82, 2.24) is 10.6 Å². The molecular weight excluding hydrogens is 352 g/mol. The zero-order chi connectivity index (χ0) is 19.8. The van der Waals surface area contributed by atoms with Crippen LogP contribution in [0.1, 0.15) is 24.1 Å². The lowest BCUT2D eigenvalue weighted by Crippen LogP contribution is -2.39. The molecule has 1 unspecified atom stereocenters. The van der Waals surface area contributed by atoms with E-state index in [9.17, 15) is 8.78 Å². The molecule has 0 bridgehead atoms. The number of hydrogen-bond acceptors (Lipinski definition) is 3. The molecule has 0 spiro atoms. The molecule has 2 N–H and O–H groups in total. The molecule has 0 saturated heterocycles. The van der Waals surface area contributed by atoms with E-state index in [1.807, 2.05) is 25.1 Å². The van der Waals surface area contributed by atoms with Gasteiger partial charge in [-0.15, -0.1) is 0 Å². The second-order valence-corrected chi connectivity index (χ2v) is 5.96. The molecule has 0 radical (unpaired) electrons. The van der Waals surface area contributed by atoms with Crippen molar-refractivity contribution in [1.29, 1.82) is 0 Å². The lowest BCUT2D eigenvalue weighted by molar-refractivity contribution is 0.394. The Hall–Kier alpha value is -2.83. The largest absolute Gasteiger partial charge is 0.497 e. The summed E-state index contributed by atoms with van der Waals surface area (Å²) in [5.41, 5.74) is 1.37. The Kier molecular flexibility index (Phi) is 7.40. The second-order valence-electron chi connectivity index (χ2n) is 5.96. The predicted molar refractivity (Wildman–Crippen MR) is 103 cm³/mol. The molecule has 0 amide bonds. The summed E-state index contributed by atoms with van der Waals surface area (Å²) in [6.45, 7) is 2.42. The van der Waals surface area contributed by atoms with Gasteiger partial charge < -0.3 is 20.1 Å². The van der Waals surface area contributed by atoms with Crippen molar-refractivity contribution in [3.05, 3.63) is 59.2 Å². The fraction of sp³-hybridized carbons (Fsp3) is 0.350. The highest BCUT2D eigenvalue weighted by Gasteiger charge is 2.14. The molecule has 0 aromatic heterocycles. The van der Waals surface area contributed by atoms with Gasteiger partial charge in [0.1, 0.15) is 23.1 Å². The third-order valence-corrected chi connectivity index (χ3v) is 4.18. The van der Waals surface area contributed by atoms with Crippen LogP contribution in [0.25, 0.3) is 0 Å². The van der Waals surface area contributed by atoms with Gasteiger partial charge in [0.05, 0.1) is 20.3 Å². The van der Waals surface area contributed by atoms with Crippen LogP contribution in [0, 0.1) is 11.6 Å². The van der Waals surface area contributed by atoms with Gasteiger partial charge in [-0.3, -0.25) is 4.99 Å². The summed E-state index contributed by atoms with van der Waals surface area (Å²) in [6.07, 6.45) is 0.406. The predicted octanol–water partition coefficient (Wildman–Crippen LogP) is 3.45. The normalized spacial score (nSPS) is 12.4. The SMILES string of the molecule is CN=C(NCCc1ccc(F)cc1F)NC(C)c1cc(OC)ccc1OC. The third kappa shape index (κ3) is 5.57. The van der Waals surface area contributed by atoms with Gasteiger partial charge in [0.15, 0.2) is 5.96 Å². The van der Waals surface area contributed by atoms with Gasteiger partial charge in [-0.1, -0.05) is 6.07 Å². The Morgan fingerprint density at radius 3 is 2.52 bits per heavy atom. The van der Waals surface area contributed by atoms with Gasteiger partial charge in [0, 0.05) is 25.2 Å². The smallest absolute Gasteiger partial charge is 0.191 e. The molecule has 27 heavy (non-hydrogen) atoms. The van der Waals surface area contributed by atoms with Crippen molar-refractivity contribution in [2.75, 3.05) is 27.8 Å². The quantitative estimate of drug-likeness (QED) is 0.573. The average Bonchev–Trinajstić information content (AvgIpc) is 2.68. The molecular formula is C20H25F2N3O2. The molecule has 0 fully saturated rings. The summed E-state index contributed by atoms with van der Waals surface area (Å²) in [5.74, 6) is 0.903. The van der Waals surface area contributed by atoms with Crippen molar-refractivity contribution in [3.8, 4) is 11.5 Å². The monoisotopic (exact) mass is 377 g/mol. The van der Waals surface area contributed by atoms with Crippen LogP contribution >= 0.6 is 0 Å². The number of guanidine groups is 1. The van der Waals surface area contributed by atoms with E-state index in [2.05, 4.69) is 15.6 Å². The zero-order valence-corrected chi connectivity index (χ0v) is 16.0. The van der Waals surface area contributed by atoms with E-state index < -0.39 is 11.6 Å². The Morgan fingerprint density at radius 2 is 1.89 bits per heavy atom. The maximum atomic E-state index is 13.7. The summed E-state index contributed by atoms with van der Waals surface area (Å²) < 4.78 is 37.4. The Bertz CT molecular complexity index is 797. The van der Waals surface area contributed by atoms with E-state index in [0.29, 0.717) is 24.5 Å². The molecule has 2 rings (SSSR count). The molecule has 0 aliphatic rings. The first-order valence-corrected chi connectivity index (χ1v) is 8.61. The standard InChI is InChI=1S/C20H25F2N3O2/c1-13(17-12-16(26-3)7-8-19(17)27-4)25-20(23-2)24-10-9-14-5-6-15(21)11-18(14)22/h5-8,11-13H,9-10H2,1-4H3,(H2,23,24,25). The zero-order valence-electron chi connectivity index (χ0n) is 16.0. The van der Waals surface area contributed by atoms with Crippen LogP contribution in [-0.4, -0.2) is 33.8 Å². The Balaban J connectivity index is 1.98. The van der Waals surface area contributed by atoms with Crippen LogP contribution in [-0.2, 0) is 6.42 Å². The first-order chi connectivity index (χ1) is 13.0. The fourth-order valence-corrected chi connectivity index (χ4v) is 2.70. The number of aliphatic imine (C=N–C) groups is 1. The van der Waals surface area contributed by atoms with Crippen LogP contribution in [0.15, 0.2) is 41.4 Å². The molecule has 5 nitrogen and oxygen atoms in total. The van der Waals surface area contributed by atoms with Crippen LogP contribution in [0.4, 0.5) is 8.78 Å². The molecule has 0 aliphatic heterocycles. The van der Waals surface area contributed by atoms with E-state index in [-0.39, 0.29) is 6.04 Å². The van der Waals surface area contributed by atoms with E-state index in [4.69, 9.17) is 9.47 Å². The molecule has 2 aromatic rings. The molecule has 7 heteroatoms. The lowest BCUT2D eigenvalue weighted by atomic mass is 10.1. The highest BCUT2D eigenvalue weighted by molar-refractivity contribution is 5.80. The molecule has 0 aliphatic carbocycles. The molecule has 0 saturated carbocycles. The highest BCUT2D eigenvalue weighted by atomic mass is 19.1. The van der Waals surface area contributed by atoms with E-state index in [1.54, 1.807) is 21.3 Å². The fourth-order valence-electron chi connectivity index (χ4n) is 2.70. The summed E-state index contributed by atoms with van der Waals surface area (Å²) in [5, 5.41) is 6.40. The first-order valence-electron chi connectivity index (χ1n) is 8.61. The van der Waals surface area contributed by atoms with Crippen LogP contribution in [0.5, 0.6) is 11.5 Å². The summed E-state index contributed by atoms with van der Waals surface area (Å²) in [4.78, 5) is 4.19. The van der Waals surface area contributed by atoms with Gasteiger partial charge in [-0.2, -0.15) is 0 Å². The van der Waals surface area contributed by atoms with Crippen molar-refractivity contribution in [2.24, 2.45) is 4.99 Å². The number of ether oxygens (including phenoxy) is 2. The summed E-state index contributed by atoms with van der Waals surface area (Å²) in [7, 11) is 4.88. The minimum absolute atomic E-state index is 0.108. The number of rotatable bonds is 7. The summed E-state index contributed by atoms with van der Waals surface area (Å²) >= 11 is 0. The number of methoxy groups -OCH3 is 2. The molecule has 146 valence electrons. The van der Waals surface area contributed by atoms with Crippen molar-refractivity contribution in [2.45, 2.75) is 19.4 Å². The van der Waals surface area contributed by atoms with Crippen LogP contribution in [0.3, 0.4) is 0 Å². The molecule has 0 heterocycles. The van der Waals surface area contributed by atoms with Crippen LogP contribution < -0.4 is 20.1 Å². The van der Waals surface area contributed by atoms with Crippen molar-refractivity contribution >= 4 is 5.96 Å². The number of halogens is 2. The van der Waals surface area contributed by atoms with Crippen LogP contribution in [0.2, 0.25) is 0 Å². The van der Waals surface area contributed by atoms with E-state index in [1.165, 1.54) is 12.1 Å². The third-order valence-electron chi connectivity index (χ3n) is 4.18. The van der Waals surface area contributed by atoms with E-state index >= 15 is 0 Å². The number of nitrogens with zero attached hydrogens (tertiary/aromatic N) is 1. The number of benzene rings is 2. The lowest BCUT2D eigenvalue weighted by Gasteiger charge is -2.21. The Morgan fingerprint density at radius 1 is 1.11 bits per heavy atom. The number of hydrogen-bond donors (Lipinski definition) is 2. The van der Waals surface area contributed by atoms with Crippen molar-refractivity contribution in [3.63, 3.8) is 0 Å². The maximum Gasteiger partial charge on any atom is 0.191 e. The van der Waals surface area contributed by atoms with Gasteiger partial charge in [-0.05, 0) is 43.2 Å². The maximum absolute atomic E-state index is 13.7. The topological polar surface area (TPSA) is 54.9 Å². The van der Waals surface area contributed by atoms with Gasteiger partial charge in [-0.25, -0.2) is 8.78 Å². The van der Waals surface area contributed by atoms with Gasteiger partial charge in [0.2, 0.25) is 0 Å². The minimum atomic E-state index is -0.581.